The van der Waals surface area contributed by atoms with E-state index in [1.807, 2.05) is 12.1 Å². The van der Waals surface area contributed by atoms with Crippen LogP contribution in [0, 0.1) is 6.92 Å². The molecule has 0 radical (unpaired) electrons. The van der Waals surface area contributed by atoms with Crippen LogP contribution in [0.2, 0.25) is 0 Å². The van der Waals surface area contributed by atoms with Crippen molar-refractivity contribution in [3.8, 4) is 0 Å². The minimum Gasteiger partial charge on any atom is -0.465 e. The number of hydrogen-bond donors (Lipinski definition) is 0. The Morgan fingerprint density at radius 1 is 1.10 bits per heavy atom. The fourth-order valence-electron chi connectivity index (χ4n) is 2.49. The van der Waals surface area contributed by atoms with Crippen LogP contribution in [0.25, 0.3) is 10.9 Å². The summed E-state index contributed by atoms with van der Waals surface area (Å²) in [5, 5.41) is 1.24. The van der Waals surface area contributed by atoms with Crippen molar-refractivity contribution >= 4 is 16.9 Å². The summed E-state index contributed by atoms with van der Waals surface area (Å²) in [6, 6.07) is 16.1. The average Bonchev–Trinajstić information content (AvgIpc) is 2.89. The molecule has 0 aliphatic rings. The molecule has 2 aromatic carbocycles. The Balaban J connectivity index is 1.88. The highest BCUT2D eigenvalue weighted by molar-refractivity contribution is 5.89. The fourth-order valence-corrected chi connectivity index (χ4v) is 2.49. The second-order valence-electron chi connectivity index (χ2n) is 5.19. The Hall–Kier alpha value is -2.55. The number of methoxy groups -OCH3 is 1. The lowest BCUT2D eigenvalue weighted by molar-refractivity contribution is 0.0600. The summed E-state index contributed by atoms with van der Waals surface area (Å²) in [4.78, 5) is 11.4. The normalized spacial score (nSPS) is 10.8. The van der Waals surface area contributed by atoms with Crippen molar-refractivity contribution in [3.05, 3.63) is 71.4 Å². The first-order valence-corrected chi connectivity index (χ1v) is 6.90. The van der Waals surface area contributed by atoms with Gasteiger partial charge in [-0.05, 0) is 47.7 Å². The zero-order valence-electron chi connectivity index (χ0n) is 12.2. The number of ether oxygens (including phenoxy) is 1. The third kappa shape index (κ3) is 2.68. The van der Waals surface area contributed by atoms with Crippen molar-refractivity contribution in [2.45, 2.75) is 13.5 Å². The van der Waals surface area contributed by atoms with Gasteiger partial charge in [-0.2, -0.15) is 0 Å². The van der Waals surface area contributed by atoms with Crippen LogP contribution in [0.1, 0.15) is 21.5 Å². The summed E-state index contributed by atoms with van der Waals surface area (Å²) >= 11 is 0. The first-order valence-electron chi connectivity index (χ1n) is 6.90. The number of rotatable bonds is 3. The van der Waals surface area contributed by atoms with E-state index in [-0.39, 0.29) is 5.97 Å². The van der Waals surface area contributed by atoms with E-state index in [1.54, 1.807) is 12.1 Å². The van der Waals surface area contributed by atoms with Gasteiger partial charge in [0, 0.05) is 18.3 Å². The molecule has 0 atom stereocenters. The second-order valence-corrected chi connectivity index (χ2v) is 5.19. The maximum atomic E-state index is 11.4. The number of aryl methyl sites for hydroxylation is 1. The van der Waals surface area contributed by atoms with Gasteiger partial charge in [0.2, 0.25) is 0 Å². The van der Waals surface area contributed by atoms with Crippen molar-refractivity contribution in [2.24, 2.45) is 0 Å². The molecule has 0 unspecified atom stereocenters. The van der Waals surface area contributed by atoms with Gasteiger partial charge in [0.15, 0.2) is 0 Å². The number of nitrogens with zero attached hydrogens (tertiary/aromatic N) is 1. The molecule has 3 aromatic rings. The highest BCUT2D eigenvalue weighted by Crippen LogP contribution is 2.19. The molecule has 1 aromatic heterocycles. The van der Waals surface area contributed by atoms with Crippen LogP contribution in [-0.4, -0.2) is 17.6 Å². The van der Waals surface area contributed by atoms with Crippen molar-refractivity contribution in [1.82, 2.24) is 4.57 Å². The van der Waals surface area contributed by atoms with Crippen LogP contribution in [0.3, 0.4) is 0 Å². The van der Waals surface area contributed by atoms with Gasteiger partial charge >= 0.3 is 5.97 Å². The van der Waals surface area contributed by atoms with Gasteiger partial charge in [-0.1, -0.05) is 24.3 Å². The number of hydrogen-bond acceptors (Lipinski definition) is 2. The molecule has 0 saturated heterocycles. The van der Waals surface area contributed by atoms with E-state index in [4.69, 9.17) is 4.74 Å². The number of esters is 1. The van der Waals surface area contributed by atoms with Crippen LogP contribution in [0.15, 0.2) is 54.7 Å². The summed E-state index contributed by atoms with van der Waals surface area (Å²) in [5.74, 6) is -0.302. The number of benzene rings is 2. The zero-order valence-corrected chi connectivity index (χ0v) is 12.2. The molecule has 106 valence electrons. The van der Waals surface area contributed by atoms with Gasteiger partial charge in [-0.3, -0.25) is 0 Å². The third-order valence-electron chi connectivity index (χ3n) is 3.66. The van der Waals surface area contributed by atoms with Crippen LogP contribution in [0.5, 0.6) is 0 Å². The maximum absolute atomic E-state index is 11.4. The molecule has 0 amide bonds. The van der Waals surface area contributed by atoms with E-state index in [2.05, 4.69) is 42.0 Å². The van der Waals surface area contributed by atoms with Gasteiger partial charge in [0.25, 0.3) is 0 Å². The van der Waals surface area contributed by atoms with E-state index >= 15 is 0 Å². The maximum Gasteiger partial charge on any atom is 0.337 e. The SMILES string of the molecule is COC(=O)c1ccc(Cn2ccc3ccc(C)cc32)cc1. The van der Waals surface area contributed by atoms with Gasteiger partial charge in [0.05, 0.1) is 12.7 Å². The van der Waals surface area contributed by atoms with Crippen LogP contribution in [0.4, 0.5) is 0 Å². The molecular formula is C18H17NO2. The monoisotopic (exact) mass is 279 g/mol. The summed E-state index contributed by atoms with van der Waals surface area (Å²) in [6.07, 6.45) is 2.10. The summed E-state index contributed by atoms with van der Waals surface area (Å²) in [6.45, 7) is 2.89. The lowest BCUT2D eigenvalue weighted by Gasteiger charge is -2.07. The van der Waals surface area contributed by atoms with E-state index in [0.717, 1.165) is 12.1 Å². The largest absolute Gasteiger partial charge is 0.465 e. The molecule has 3 nitrogen and oxygen atoms in total. The molecule has 0 N–H and O–H groups in total. The summed E-state index contributed by atoms with van der Waals surface area (Å²) < 4.78 is 6.93. The standard InChI is InChI=1S/C18H17NO2/c1-13-3-6-15-9-10-19(17(15)11-13)12-14-4-7-16(8-5-14)18(20)21-2/h3-11H,12H2,1-2H3. The van der Waals surface area contributed by atoms with Gasteiger partial charge in [-0.15, -0.1) is 0 Å². The predicted octanol–water partition coefficient (Wildman–Crippen LogP) is 3.78. The van der Waals surface area contributed by atoms with Crippen LogP contribution < -0.4 is 0 Å². The highest BCUT2D eigenvalue weighted by atomic mass is 16.5. The first-order chi connectivity index (χ1) is 10.2. The molecule has 0 aliphatic heterocycles. The molecule has 0 aliphatic carbocycles. The number of aromatic nitrogens is 1. The average molecular weight is 279 g/mol. The lowest BCUT2D eigenvalue weighted by Crippen LogP contribution is -2.02. The minimum atomic E-state index is -0.302. The molecule has 0 bridgehead atoms. The molecule has 3 heteroatoms. The Morgan fingerprint density at radius 2 is 1.86 bits per heavy atom. The quantitative estimate of drug-likeness (QED) is 0.683. The number of fused-ring (bicyclic) bond motifs is 1. The highest BCUT2D eigenvalue weighted by Gasteiger charge is 2.06. The Labute approximate surface area is 123 Å². The topological polar surface area (TPSA) is 31.2 Å². The van der Waals surface area contributed by atoms with Crippen molar-refractivity contribution < 1.29 is 9.53 Å². The van der Waals surface area contributed by atoms with Crippen molar-refractivity contribution in [3.63, 3.8) is 0 Å². The summed E-state index contributed by atoms with van der Waals surface area (Å²) in [5.41, 5.74) is 4.21. The third-order valence-corrected chi connectivity index (χ3v) is 3.66. The van der Waals surface area contributed by atoms with E-state index in [0.29, 0.717) is 5.56 Å². The second kappa shape index (κ2) is 5.44. The molecule has 3 rings (SSSR count). The lowest BCUT2D eigenvalue weighted by atomic mass is 10.1. The van der Waals surface area contributed by atoms with Crippen LogP contribution >= 0.6 is 0 Å². The number of carbonyl (C=O) groups is 1. The molecule has 1 heterocycles. The zero-order chi connectivity index (χ0) is 14.8. The minimum absolute atomic E-state index is 0.302. The Kier molecular flexibility index (Phi) is 3.48. The Bertz CT molecular complexity index is 785. The molecule has 21 heavy (non-hydrogen) atoms. The van der Waals surface area contributed by atoms with E-state index in [9.17, 15) is 4.79 Å². The summed E-state index contributed by atoms with van der Waals surface area (Å²) in [7, 11) is 1.39. The van der Waals surface area contributed by atoms with Gasteiger partial charge in [-0.25, -0.2) is 4.79 Å². The number of carbonyl (C=O) groups excluding carboxylic acids is 1. The molecule has 0 fully saturated rings. The van der Waals surface area contributed by atoms with E-state index in [1.165, 1.54) is 23.6 Å². The molecular weight excluding hydrogens is 262 g/mol. The van der Waals surface area contributed by atoms with Gasteiger partial charge < -0.3 is 9.30 Å². The van der Waals surface area contributed by atoms with Crippen molar-refractivity contribution in [1.29, 1.82) is 0 Å². The predicted molar refractivity (Wildman–Crippen MR) is 83.6 cm³/mol. The first kappa shape index (κ1) is 13.4. The fraction of sp³-hybridized carbons (Fsp3) is 0.167. The van der Waals surface area contributed by atoms with Crippen molar-refractivity contribution in [2.75, 3.05) is 7.11 Å². The smallest absolute Gasteiger partial charge is 0.337 e. The molecule has 0 spiro atoms. The molecule has 0 saturated carbocycles. The van der Waals surface area contributed by atoms with E-state index < -0.39 is 0 Å². The van der Waals surface area contributed by atoms with Gasteiger partial charge in [0.1, 0.15) is 0 Å². The Morgan fingerprint density at radius 3 is 2.57 bits per heavy atom. The van der Waals surface area contributed by atoms with Crippen LogP contribution in [-0.2, 0) is 11.3 Å².